The molecule has 0 unspecified atom stereocenters. The van der Waals surface area contributed by atoms with Crippen LogP contribution >= 0.6 is 35.4 Å². The van der Waals surface area contributed by atoms with Crippen LogP contribution in [-0.4, -0.2) is 21.5 Å². The molecule has 1 heterocycles. The molecule has 30 heavy (non-hydrogen) atoms. The molecule has 160 valence electrons. The monoisotopic (exact) mass is 466 g/mol. The maximum absolute atomic E-state index is 6.53. The topological polar surface area (TPSA) is 64.1 Å². The van der Waals surface area contributed by atoms with Gasteiger partial charge in [0.15, 0.2) is 17.3 Å². The maximum Gasteiger partial charge on any atom is 0.214 e. The predicted octanol–water partition coefficient (Wildman–Crippen LogP) is 5.92. The van der Waals surface area contributed by atoms with Gasteiger partial charge >= 0.3 is 0 Å². The van der Waals surface area contributed by atoms with Crippen LogP contribution in [0.15, 0.2) is 36.4 Å². The fourth-order valence-electron chi connectivity index (χ4n) is 2.93. The fraction of sp³-hybridized carbons (Fsp3) is 0.333. The molecule has 0 radical (unpaired) electrons. The molecule has 0 fully saturated rings. The number of hydrogen-bond acceptors (Lipinski definition) is 5. The van der Waals surface area contributed by atoms with E-state index in [-0.39, 0.29) is 0 Å². The van der Waals surface area contributed by atoms with E-state index in [0.717, 1.165) is 29.8 Å². The van der Waals surface area contributed by atoms with Gasteiger partial charge in [-0.15, -0.1) is 0 Å². The molecule has 0 saturated heterocycles. The Balaban J connectivity index is 1.77. The molecule has 0 atom stereocenters. The molecule has 9 heteroatoms. The maximum atomic E-state index is 6.53. The van der Waals surface area contributed by atoms with Gasteiger partial charge in [0, 0.05) is 22.5 Å². The van der Waals surface area contributed by atoms with Crippen LogP contribution in [0.2, 0.25) is 10.0 Å². The number of nitrogens with one attached hydrogen (secondary N) is 2. The lowest BCUT2D eigenvalue weighted by Crippen LogP contribution is -2.18. The normalized spacial score (nSPS) is 10.8. The van der Waals surface area contributed by atoms with Crippen LogP contribution in [0, 0.1) is 4.77 Å². The SMILES string of the molecule is CCCc1n[nH]c(=S)n1NCc1cc(OCC)c(OCc2cccc(Cl)c2)cc1Cl. The van der Waals surface area contributed by atoms with Crippen LogP contribution in [0.5, 0.6) is 11.5 Å². The Morgan fingerprint density at radius 2 is 1.93 bits per heavy atom. The van der Waals surface area contributed by atoms with Crippen molar-refractivity contribution in [1.29, 1.82) is 0 Å². The summed E-state index contributed by atoms with van der Waals surface area (Å²) in [5, 5.41) is 8.31. The zero-order chi connectivity index (χ0) is 21.5. The average Bonchev–Trinajstić information content (AvgIpc) is 3.07. The first-order valence-electron chi connectivity index (χ1n) is 9.74. The Morgan fingerprint density at radius 3 is 2.67 bits per heavy atom. The summed E-state index contributed by atoms with van der Waals surface area (Å²) in [5.74, 6) is 2.06. The summed E-state index contributed by atoms with van der Waals surface area (Å²) < 4.78 is 14.0. The summed E-state index contributed by atoms with van der Waals surface area (Å²) in [5.41, 5.74) is 5.10. The minimum Gasteiger partial charge on any atom is -0.490 e. The molecule has 6 nitrogen and oxygen atoms in total. The molecule has 0 bridgehead atoms. The molecule has 0 amide bonds. The number of rotatable bonds is 10. The third-order valence-corrected chi connectivity index (χ3v) is 5.20. The van der Waals surface area contributed by atoms with Crippen molar-refractivity contribution >= 4 is 35.4 Å². The lowest BCUT2D eigenvalue weighted by atomic mass is 10.2. The van der Waals surface area contributed by atoms with Crippen molar-refractivity contribution in [3.05, 3.63) is 68.2 Å². The van der Waals surface area contributed by atoms with Crippen molar-refractivity contribution in [2.24, 2.45) is 0 Å². The highest BCUT2D eigenvalue weighted by Crippen LogP contribution is 2.34. The van der Waals surface area contributed by atoms with Crippen LogP contribution in [0.4, 0.5) is 0 Å². The number of nitrogens with zero attached hydrogens (tertiary/aromatic N) is 2. The highest BCUT2D eigenvalue weighted by atomic mass is 35.5. The number of aromatic amines is 1. The molecular weight excluding hydrogens is 443 g/mol. The predicted molar refractivity (Wildman–Crippen MR) is 123 cm³/mol. The number of hydrogen-bond donors (Lipinski definition) is 2. The first-order chi connectivity index (χ1) is 14.5. The molecule has 0 aliphatic heterocycles. The van der Waals surface area contributed by atoms with Gasteiger partial charge in [-0.2, -0.15) is 5.10 Å². The van der Waals surface area contributed by atoms with Gasteiger partial charge in [0.05, 0.1) is 13.2 Å². The van der Waals surface area contributed by atoms with Crippen LogP contribution < -0.4 is 14.9 Å². The molecule has 3 aromatic rings. The minimum atomic E-state index is 0.360. The largest absolute Gasteiger partial charge is 0.490 e. The summed E-state index contributed by atoms with van der Waals surface area (Å²) in [6.45, 7) is 5.34. The number of ether oxygens (including phenoxy) is 2. The number of halogens is 2. The van der Waals surface area contributed by atoms with Gasteiger partial charge in [-0.05, 0) is 54.9 Å². The van der Waals surface area contributed by atoms with Gasteiger partial charge < -0.3 is 14.9 Å². The van der Waals surface area contributed by atoms with Crippen LogP contribution in [0.1, 0.15) is 37.2 Å². The average molecular weight is 467 g/mol. The van der Waals surface area contributed by atoms with E-state index in [9.17, 15) is 0 Å². The summed E-state index contributed by atoms with van der Waals surface area (Å²) in [6.07, 6.45) is 1.78. The minimum absolute atomic E-state index is 0.360. The van der Waals surface area contributed by atoms with Crippen molar-refractivity contribution in [3.63, 3.8) is 0 Å². The van der Waals surface area contributed by atoms with Gasteiger partial charge in [0.25, 0.3) is 0 Å². The van der Waals surface area contributed by atoms with Crippen molar-refractivity contribution in [1.82, 2.24) is 14.9 Å². The molecule has 0 aliphatic rings. The van der Waals surface area contributed by atoms with E-state index >= 15 is 0 Å². The zero-order valence-corrected chi connectivity index (χ0v) is 19.2. The Labute approximate surface area is 191 Å². The van der Waals surface area contributed by atoms with Gasteiger partial charge in [-0.3, -0.25) is 5.10 Å². The van der Waals surface area contributed by atoms with Crippen LogP contribution in [0.25, 0.3) is 0 Å². The van der Waals surface area contributed by atoms with E-state index in [1.54, 1.807) is 10.7 Å². The Hall–Kier alpha value is -2.22. The Kier molecular flexibility index (Phi) is 8.01. The van der Waals surface area contributed by atoms with Gasteiger partial charge in [0.1, 0.15) is 6.61 Å². The quantitative estimate of drug-likeness (QED) is 0.363. The van der Waals surface area contributed by atoms with Gasteiger partial charge in [-0.25, -0.2) is 4.68 Å². The molecular formula is C21H24Cl2N4O2S. The molecule has 1 aromatic heterocycles. The highest BCUT2D eigenvalue weighted by Gasteiger charge is 2.13. The second-order valence-electron chi connectivity index (χ2n) is 6.61. The summed E-state index contributed by atoms with van der Waals surface area (Å²) in [7, 11) is 0. The Bertz CT molecular complexity index is 1050. The highest BCUT2D eigenvalue weighted by molar-refractivity contribution is 7.71. The van der Waals surface area contributed by atoms with Crippen molar-refractivity contribution in [3.8, 4) is 11.5 Å². The third-order valence-electron chi connectivity index (χ3n) is 4.34. The molecule has 2 N–H and O–H groups in total. The van der Waals surface area contributed by atoms with Crippen LogP contribution in [0.3, 0.4) is 0 Å². The lowest BCUT2D eigenvalue weighted by Gasteiger charge is -2.16. The number of benzene rings is 2. The van der Waals surface area contributed by atoms with Crippen molar-refractivity contribution in [2.45, 2.75) is 39.8 Å². The zero-order valence-electron chi connectivity index (χ0n) is 16.9. The van der Waals surface area contributed by atoms with E-state index in [0.29, 0.717) is 46.1 Å². The standard InChI is InChI=1S/C21H24Cl2N4O2S/c1-3-6-20-25-26-21(30)27(20)24-12-15-10-18(28-4-2)19(11-17(15)23)29-13-14-7-5-8-16(22)9-14/h5,7-11,24H,3-4,6,12-13H2,1-2H3,(H,26,30). The van der Waals surface area contributed by atoms with E-state index in [2.05, 4.69) is 22.5 Å². The first kappa shape index (κ1) is 22.5. The first-order valence-corrected chi connectivity index (χ1v) is 10.9. The van der Waals surface area contributed by atoms with Crippen molar-refractivity contribution < 1.29 is 9.47 Å². The van der Waals surface area contributed by atoms with E-state index < -0.39 is 0 Å². The second-order valence-corrected chi connectivity index (χ2v) is 7.84. The second kappa shape index (κ2) is 10.7. The smallest absolute Gasteiger partial charge is 0.214 e. The molecule has 0 spiro atoms. The number of aryl methyl sites for hydroxylation is 1. The summed E-state index contributed by atoms with van der Waals surface area (Å²) in [6, 6.07) is 11.2. The van der Waals surface area contributed by atoms with E-state index in [1.165, 1.54) is 0 Å². The van der Waals surface area contributed by atoms with E-state index in [1.807, 2.05) is 37.3 Å². The third kappa shape index (κ3) is 5.68. The van der Waals surface area contributed by atoms with Gasteiger partial charge in [0.2, 0.25) is 4.77 Å². The molecule has 0 saturated carbocycles. The lowest BCUT2D eigenvalue weighted by molar-refractivity contribution is 0.269. The van der Waals surface area contributed by atoms with Gasteiger partial charge in [-0.1, -0.05) is 42.3 Å². The number of H-pyrrole nitrogens is 1. The summed E-state index contributed by atoms with van der Waals surface area (Å²) in [4.78, 5) is 0. The molecule has 3 rings (SSSR count). The Morgan fingerprint density at radius 1 is 1.13 bits per heavy atom. The fourth-order valence-corrected chi connectivity index (χ4v) is 3.58. The molecule has 0 aliphatic carbocycles. The molecule has 2 aromatic carbocycles. The number of aromatic nitrogens is 3. The summed E-state index contributed by atoms with van der Waals surface area (Å²) >= 11 is 17.9. The van der Waals surface area contributed by atoms with Crippen molar-refractivity contribution in [2.75, 3.05) is 12.0 Å². The van der Waals surface area contributed by atoms with Crippen LogP contribution in [-0.2, 0) is 19.6 Å². The van der Waals surface area contributed by atoms with E-state index in [4.69, 9.17) is 44.9 Å².